The van der Waals surface area contributed by atoms with E-state index in [2.05, 4.69) is 5.32 Å². The predicted molar refractivity (Wildman–Crippen MR) is 152 cm³/mol. The quantitative estimate of drug-likeness (QED) is 0.321. The maximum absolute atomic E-state index is 15.0. The molecule has 6 nitrogen and oxygen atoms in total. The summed E-state index contributed by atoms with van der Waals surface area (Å²) in [4.78, 5) is 45.4. The highest BCUT2D eigenvalue weighted by molar-refractivity contribution is 6.16. The van der Waals surface area contributed by atoms with Crippen LogP contribution in [0.25, 0.3) is 6.08 Å². The molecule has 7 heteroatoms. The van der Waals surface area contributed by atoms with Crippen LogP contribution in [0.2, 0.25) is 0 Å². The lowest BCUT2D eigenvalue weighted by Gasteiger charge is -2.38. The standard InChI is InChI=1S/C34H25FN2O4/c1-41-27-16-15-22(19-25(27)35)30(38)28-29(31(39)21-10-3-2-4-11-21)37-18-17-20-9-5-6-12-23(20)32(37)34(28)24-13-7-8-14-26(24)36-33(34)40/h2-19,28-29,32H,1H3,(H,36,40)/t28-,29-,32-,34-/m1/s1. The molecule has 1 N–H and O–H groups in total. The first-order valence-electron chi connectivity index (χ1n) is 13.4. The lowest BCUT2D eigenvalue weighted by molar-refractivity contribution is -0.122. The van der Waals surface area contributed by atoms with Crippen molar-refractivity contribution in [3.05, 3.63) is 137 Å². The van der Waals surface area contributed by atoms with Gasteiger partial charge < -0.3 is 15.0 Å². The number of amides is 1. The van der Waals surface area contributed by atoms with Crippen molar-refractivity contribution in [2.24, 2.45) is 5.92 Å². The van der Waals surface area contributed by atoms with E-state index in [9.17, 15) is 18.8 Å². The fourth-order valence-corrected chi connectivity index (χ4v) is 6.94. The molecule has 0 aromatic heterocycles. The highest BCUT2D eigenvalue weighted by atomic mass is 19.1. The van der Waals surface area contributed by atoms with Gasteiger partial charge >= 0.3 is 0 Å². The van der Waals surface area contributed by atoms with E-state index in [0.717, 1.165) is 17.2 Å². The minimum absolute atomic E-state index is 0.00201. The zero-order valence-electron chi connectivity index (χ0n) is 22.1. The largest absolute Gasteiger partial charge is 0.494 e. The lowest BCUT2D eigenvalue weighted by Crippen LogP contribution is -2.49. The molecule has 41 heavy (non-hydrogen) atoms. The molecule has 0 unspecified atom stereocenters. The molecule has 4 aromatic rings. The third-order valence-corrected chi connectivity index (χ3v) is 8.62. The number of methoxy groups -OCH3 is 1. The van der Waals surface area contributed by atoms with E-state index in [1.165, 1.54) is 19.2 Å². The molecule has 3 heterocycles. The van der Waals surface area contributed by atoms with Gasteiger partial charge in [-0.3, -0.25) is 14.4 Å². The number of halogens is 1. The molecular formula is C34H25FN2O4. The molecule has 202 valence electrons. The zero-order valence-corrected chi connectivity index (χ0v) is 22.1. The molecule has 1 saturated heterocycles. The molecule has 1 fully saturated rings. The van der Waals surface area contributed by atoms with E-state index in [1.54, 1.807) is 30.3 Å². The summed E-state index contributed by atoms with van der Waals surface area (Å²) in [7, 11) is 1.35. The molecule has 7 rings (SSSR count). The Kier molecular flexibility index (Phi) is 5.64. The van der Waals surface area contributed by atoms with Crippen molar-refractivity contribution in [2.45, 2.75) is 17.5 Å². The van der Waals surface area contributed by atoms with E-state index in [1.807, 2.05) is 65.7 Å². The van der Waals surface area contributed by atoms with E-state index >= 15 is 0 Å². The number of carbonyl (C=O) groups excluding carboxylic acids is 3. The number of Topliss-reactive ketones (excluding diaryl/α,β-unsaturated/α-hetero) is 2. The second-order valence-electron chi connectivity index (χ2n) is 10.5. The maximum atomic E-state index is 15.0. The van der Waals surface area contributed by atoms with Crippen molar-refractivity contribution in [3.8, 4) is 5.75 Å². The first-order valence-corrected chi connectivity index (χ1v) is 13.4. The summed E-state index contributed by atoms with van der Waals surface area (Å²) in [5.41, 5.74) is 1.99. The topological polar surface area (TPSA) is 75.7 Å². The Hall–Kier alpha value is -5.04. The Labute approximate surface area is 236 Å². The van der Waals surface area contributed by atoms with E-state index < -0.39 is 35.0 Å². The number of anilines is 1. The second kappa shape index (κ2) is 9.27. The SMILES string of the molecule is COc1ccc(C(=O)[C@H]2[C@H](C(=O)c3ccccc3)N3C=Cc4ccccc4[C@@H]3[C@]23C(=O)Nc2ccccc23)cc1F. The van der Waals surface area contributed by atoms with Gasteiger partial charge in [0.1, 0.15) is 11.5 Å². The van der Waals surface area contributed by atoms with Gasteiger partial charge in [0.15, 0.2) is 23.1 Å². The number of fused-ring (bicyclic) bond motifs is 6. The summed E-state index contributed by atoms with van der Waals surface area (Å²) in [6.07, 6.45) is 3.72. The highest BCUT2D eigenvalue weighted by Gasteiger charge is 2.70. The van der Waals surface area contributed by atoms with E-state index in [-0.39, 0.29) is 23.0 Å². The summed E-state index contributed by atoms with van der Waals surface area (Å²) in [6, 6.07) is 26.1. The first kappa shape index (κ1) is 25.0. The molecule has 3 aliphatic heterocycles. The summed E-state index contributed by atoms with van der Waals surface area (Å²) < 4.78 is 20.0. The molecule has 3 aliphatic rings. The molecule has 1 spiro atoms. The Bertz CT molecular complexity index is 1770. The fourth-order valence-electron chi connectivity index (χ4n) is 6.94. The van der Waals surface area contributed by atoms with Crippen LogP contribution in [-0.4, -0.2) is 35.5 Å². The molecule has 1 amide bonds. The van der Waals surface area contributed by atoms with Crippen LogP contribution in [0.15, 0.2) is 103 Å². The summed E-state index contributed by atoms with van der Waals surface area (Å²) in [6.45, 7) is 0. The van der Waals surface area contributed by atoms with Crippen LogP contribution in [0.4, 0.5) is 10.1 Å². The maximum Gasteiger partial charge on any atom is 0.238 e. The number of benzene rings is 4. The lowest BCUT2D eigenvalue weighted by atomic mass is 9.62. The Morgan fingerprint density at radius 1 is 0.878 bits per heavy atom. The van der Waals surface area contributed by atoms with Gasteiger partial charge in [0.25, 0.3) is 0 Å². The number of ether oxygens (including phenoxy) is 1. The van der Waals surface area contributed by atoms with Crippen molar-refractivity contribution < 1.29 is 23.5 Å². The number of nitrogens with one attached hydrogen (secondary N) is 1. The Morgan fingerprint density at radius 3 is 2.39 bits per heavy atom. The van der Waals surface area contributed by atoms with Gasteiger partial charge in [-0.25, -0.2) is 4.39 Å². The molecule has 0 radical (unpaired) electrons. The van der Waals surface area contributed by atoms with Crippen LogP contribution in [-0.2, 0) is 10.2 Å². The number of rotatable bonds is 5. The van der Waals surface area contributed by atoms with Gasteiger partial charge in [-0.15, -0.1) is 0 Å². The van der Waals surface area contributed by atoms with Gasteiger partial charge in [0.2, 0.25) is 5.91 Å². The Morgan fingerprint density at radius 2 is 1.61 bits per heavy atom. The third kappa shape index (κ3) is 3.45. The monoisotopic (exact) mass is 544 g/mol. The molecule has 0 saturated carbocycles. The van der Waals surface area contributed by atoms with Gasteiger partial charge in [-0.2, -0.15) is 0 Å². The van der Waals surface area contributed by atoms with Crippen LogP contribution in [0.5, 0.6) is 5.75 Å². The van der Waals surface area contributed by atoms with Crippen molar-refractivity contribution in [3.63, 3.8) is 0 Å². The van der Waals surface area contributed by atoms with Crippen molar-refractivity contribution in [2.75, 3.05) is 12.4 Å². The number of hydrogen-bond donors (Lipinski definition) is 1. The predicted octanol–water partition coefficient (Wildman–Crippen LogP) is 5.82. The number of para-hydroxylation sites is 1. The van der Waals surface area contributed by atoms with Crippen molar-refractivity contribution in [1.29, 1.82) is 0 Å². The molecular weight excluding hydrogens is 519 g/mol. The van der Waals surface area contributed by atoms with Crippen LogP contribution in [0.1, 0.15) is 43.4 Å². The van der Waals surface area contributed by atoms with Gasteiger partial charge in [0.05, 0.1) is 19.1 Å². The average molecular weight is 545 g/mol. The first-order chi connectivity index (χ1) is 20.0. The third-order valence-electron chi connectivity index (χ3n) is 8.62. The van der Waals surface area contributed by atoms with Gasteiger partial charge in [-0.05, 0) is 47.0 Å². The average Bonchev–Trinajstić information content (AvgIpc) is 3.49. The smallest absolute Gasteiger partial charge is 0.238 e. The summed E-state index contributed by atoms with van der Waals surface area (Å²) in [5.74, 6) is -3.02. The minimum Gasteiger partial charge on any atom is -0.494 e. The zero-order chi connectivity index (χ0) is 28.3. The number of carbonyl (C=O) groups is 3. The summed E-state index contributed by atoms with van der Waals surface area (Å²) in [5, 5.41) is 3.01. The molecule has 0 bridgehead atoms. The van der Waals surface area contributed by atoms with Crippen LogP contribution >= 0.6 is 0 Å². The second-order valence-corrected chi connectivity index (χ2v) is 10.5. The Balaban J connectivity index is 1.53. The highest BCUT2D eigenvalue weighted by Crippen LogP contribution is 2.62. The number of ketones is 2. The number of hydrogen-bond acceptors (Lipinski definition) is 5. The fraction of sp³-hybridized carbons (Fsp3) is 0.147. The molecule has 4 atom stereocenters. The van der Waals surface area contributed by atoms with Crippen LogP contribution < -0.4 is 10.1 Å². The van der Waals surface area contributed by atoms with Gasteiger partial charge in [0, 0.05) is 23.0 Å². The van der Waals surface area contributed by atoms with Crippen molar-refractivity contribution >= 4 is 29.2 Å². The normalized spacial score (nSPS) is 23.5. The van der Waals surface area contributed by atoms with Gasteiger partial charge in [-0.1, -0.05) is 72.8 Å². The minimum atomic E-state index is -1.47. The van der Waals surface area contributed by atoms with E-state index in [0.29, 0.717) is 16.8 Å². The summed E-state index contributed by atoms with van der Waals surface area (Å²) >= 11 is 0. The molecule has 0 aliphatic carbocycles. The number of nitrogens with zero attached hydrogens (tertiary/aromatic N) is 1. The van der Waals surface area contributed by atoms with Crippen LogP contribution in [0.3, 0.4) is 0 Å². The molecule has 4 aromatic carbocycles. The van der Waals surface area contributed by atoms with E-state index in [4.69, 9.17) is 4.74 Å². The van der Waals surface area contributed by atoms with Crippen molar-refractivity contribution in [1.82, 2.24) is 4.90 Å². The van der Waals surface area contributed by atoms with Crippen LogP contribution in [0, 0.1) is 11.7 Å².